The lowest BCUT2D eigenvalue weighted by molar-refractivity contribution is -0.141. The Morgan fingerprint density at radius 3 is 2.56 bits per heavy atom. The van der Waals surface area contributed by atoms with Crippen LogP contribution in [0, 0.1) is 25.6 Å². The lowest BCUT2D eigenvalue weighted by atomic mass is 9.87. The maximum absolute atomic E-state index is 14.5. The molecule has 6 nitrogen and oxygen atoms in total. The van der Waals surface area contributed by atoms with Crippen LogP contribution >= 0.6 is 0 Å². The van der Waals surface area contributed by atoms with Gasteiger partial charge in [0.05, 0.1) is 5.56 Å². The molecule has 1 saturated heterocycles. The minimum Gasteiger partial charge on any atom is -0.337 e. The van der Waals surface area contributed by atoms with Gasteiger partial charge in [0.2, 0.25) is 5.91 Å². The SMILES string of the molecule is Cc1ccc(C(=O)Nc2cc(F)cc(CN3CCN(C(=O)C4CCCCC4)[C@@H](C)C3)c2C)cn1. The number of piperazine rings is 1. The Labute approximate surface area is 201 Å². The van der Waals surface area contributed by atoms with Crippen LogP contribution in [-0.4, -0.2) is 52.3 Å². The normalized spacial score (nSPS) is 19.8. The van der Waals surface area contributed by atoms with Crippen LogP contribution in [0.3, 0.4) is 0 Å². The fourth-order valence-electron chi connectivity index (χ4n) is 5.16. The molecule has 182 valence electrons. The van der Waals surface area contributed by atoms with Crippen LogP contribution in [0.5, 0.6) is 0 Å². The number of aromatic nitrogens is 1. The number of hydrogen-bond acceptors (Lipinski definition) is 4. The molecule has 34 heavy (non-hydrogen) atoms. The van der Waals surface area contributed by atoms with Crippen molar-refractivity contribution in [2.45, 2.75) is 65.5 Å². The number of aryl methyl sites for hydroxylation is 1. The van der Waals surface area contributed by atoms with Gasteiger partial charge in [0.1, 0.15) is 5.82 Å². The molecule has 0 bridgehead atoms. The second kappa shape index (κ2) is 10.6. The average Bonchev–Trinajstić information content (AvgIpc) is 2.82. The highest BCUT2D eigenvalue weighted by molar-refractivity contribution is 6.04. The summed E-state index contributed by atoms with van der Waals surface area (Å²) in [4.78, 5) is 34.1. The van der Waals surface area contributed by atoms with E-state index in [2.05, 4.69) is 22.1 Å². The lowest BCUT2D eigenvalue weighted by Crippen LogP contribution is -2.55. The van der Waals surface area contributed by atoms with Crippen molar-refractivity contribution in [1.82, 2.24) is 14.8 Å². The molecule has 1 aromatic carbocycles. The van der Waals surface area contributed by atoms with Gasteiger partial charge in [-0.15, -0.1) is 0 Å². The minimum atomic E-state index is -0.378. The summed E-state index contributed by atoms with van der Waals surface area (Å²) in [7, 11) is 0. The number of hydrogen-bond donors (Lipinski definition) is 1. The Morgan fingerprint density at radius 1 is 1.12 bits per heavy atom. The van der Waals surface area contributed by atoms with Gasteiger partial charge in [-0.05, 0) is 69.0 Å². The number of rotatable bonds is 5. The van der Waals surface area contributed by atoms with Crippen molar-refractivity contribution in [2.75, 3.05) is 25.0 Å². The molecule has 7 heteroatoms. The first-order valence-corrected chi connectivity index (χ1v) is 12.4. The number of anilines is 1. The van der Waals surface area contributed by atoms with Crippen molar-refractivity contribution in [1.29, 1.82) is 0 Å². The molecule has 1 atom stereocenters. The molecule has 2 amide bonds. The van der Waals surface area contributed by atoms with E-state index in [1.54, 1.807) is 18.2 Å². The fraction of sp³-hybridized carbons (Fsp3) is 0.519. The predicted octanol–water partition coefficient (Wildman–Crippen LogP) is 4.70. The quantitative estimate of drug-likeness (QED) is 0.694. The molecule has 2 heterocycles. The maximum Gasteiger partial charge on any atom is 0.257 e. The number of halogens is 1. The van der Waals surface area contributed by atoms with Crippen molar-refractivity contribution in [3.8, 4) is 0 Å². The molecule has 1 aliphatic heterocycles. The highest BCUT2D eigenvalue weighted by Gasteiger charge is 2.32. The van der Waals surface area contributed by atoms with Crippen molar-refractivity contribution in [3.63, 3.8) is 0 Å². The van der Waals surface area contributed by atoms with Crippen LogP contribution in [0.4, 0.5) is 10.1 Å². The Morgan fingerprint density at radius 2 is 1.88 bits per heavy atom. The minimum absolute atomic E-state index is 0.130. The van der Waals surface area contributed by atoms with E-state index in [4.69, 9.17) is 0 Å². The van der Waals surface area contributed by atoms with Gasteiger partial charge in [-0.3, -0.25) is 19.5 Å². The average molecular weight is 467 g/mol. The number of pyridine rings is 1. The Kier molecular flexibility index (Phi) is 7.61. The highest BCUT2D eigenvalue weighted by atomic mass is 19.1. The van der Waals surface area contributed by atoms with E-state index in [0.717, 1.165) is 55.6 Å². The van der Waals surface area contributed by atoms with Gasteiger partial charge in [-0.2, -0.15) is 0 Å². The van der Waals surface area contributed by atoms with E-state index in [-0.39, 0.29) is 23.7 Å². The largest absolute Gasteiger partial charge is 0.337 e. The number of carbonyl (C=O) groups is 2. The number of nitrogens with zero attached hydrogens (tertiary/aromatic N) is 3. The zero-order valence-electron chi connectivity index (χ0n) is 20.4. The van der Waals surface area contributed by atoms with E-state index in [0.29, 0.717) is 30.2 Å². The van der Waals surface area contributed by atoms with Crippen LogP contribution in [-0.2, 0) is 11.3 Å². The zero-order chi connectivity index (χ0) is 24.2. The van der Waals surface area contributed by atoms with Gasteiger partial charge >= 0.3 is 0 Å². The molecule has 1 saturated carbocycles. The van der Waals surface area contributed by atoms with Crippen LogP contribution in [0.1, 0.15) is 66.2 Å². The third kappa shape index (κ3) is 5.63. The third-order valence-corrected chi connectivity index (χ3v) is 7.24. The van der Waals surface area contributed by atoms with Gasteiger partial charge in [-0.1, -0.05) is 19.3 Å². The van der Waals surface area contributed by atoms with Crippen molar-refractivity contribution in [3.05, 3.63) is 58.7 Å². The topological polar surface area (TPSA) is 65.5 Å². The standard InChI is InChI=1S/C27H35FN4O2/c1-18-9-10-22(15-29-18)26(33)30-25-14-24(28)13-23(20(25)3)17-31-11-12-32(19(2)16-31)27(34)21-7-5-4-6-8-21/h9-10,13-15,19,21H,4-8,11-12,16-17H2,1-3H3,(H,30,33)/t19-/m0/s1. The zero-order valence-corrected chi connectivity index (χ0v) is 20.4. The van der Waals surface area contributed by atoms with Gasteiger partial charge in [0, 0.05) is 55.7 Å². The molecule has 2 fully saturated rings. The van der Waals surface area contributed by atoms with E-state index < -0.39 is 0 Å². The fourth-order valence-corrected chi connectivity index (χ4v) is 5.16. The van der Waals surface area contributed by atoms with E-state index in [1.807, 2.05) is 18.7 Å². The number of carbonyl (C=O) groups excluding carboxylic acids is 2. The summed E-state index contributed by atoms with van der Waals surface area (Å²) < 4.78 is 14.5. The molecule has 0 radical (unpaired) electrons. The molecule has 1 aromatic heterocycles. The molecule has 0 spiro atoms. The summed E-state index contributed by atoms with van der Waals surface area (Å²) in [5.41, 5.74) is 3.43. The first kappa shape index (κ1) is 24.3. The van der Waals surface area contributed by atoms with Gasteiger partial charge in [-0.25, -0.2) is 4.39 Å². The molecule has 1 N–H and O–H groups in total. The van der Waals surface area contributed by atoms with Gasteiger partial charge in [0.15, 0.2) is 0 Å². The summed E-state index contributed by atoms with van der Waals surface area (Å²) in [6, 6.07) is 6.52. The van der Waals surface area contributed by atoms with Crippen LogP contribution in [0.2, 0.25) is 0 Å². The molecule has 2 aliphatic rings. The van der Waals surface area contributed by atoms with E-state index in [9.17, 15) is 14.0 Å². The summed E-state index contributed by atoms with van der Waals surface area (Å²) in [5, 5.41) is 2.84. The highest BCUT2D eigenvalue weighted by Crippen LogP contribution is 2.28. The molecule has 2 aromatic rings. The Hall–Kier alpha value is -2.80. The summed E-state index contributed by atoms with van der Waals surface area (Å²) in [6.07, 6.45) is 7.11. The van der Waals surface area contributed by atoms with Crippen LogP contribution in [0.25, 0.3) is 0 Å². The molecule has 0 unspecified atom stereocenters. The first-order valence-electron chi connectivity index (χ1n) is 12.4. The van der Waals surface area contributed by atoms with E-state index in [1.165, 1.54) is 18.7 Å². The summed E-state index contributed by atoms with van der Waals surface area (Å²) in [5.74, 6) is -0.194. The second-order valence-corrected chi connectivity index (χ2v) is 9.83. The third-order valence-electron chi connectivity index (χ3n) is 7.24. The monoisotopic (exact) mass is 466 g/mol. The second-order valence-electron chi connectivity index (χ2n) is 9.83. The van der Waals surface area contributed by atoms with Crippen LogP contribution in [0.15, 0.2) is 30.5 Å². The maximum atomic E-state index is 14.5. The van der Waals surface area contributed by atoms with Crippen LogP contribution < -0.4 is 5.32 Å². The predicted molar refractivity (Wildman–Crippen MR) is 131 cm³/mol. The van der Waals surface area contributed by atoms with Crippen molar-refractivity contribution in [2.24, 2.45) is 5.92 Å². The Balaban J connectivity index is 1.41. The van der Waals surface area contributed by atoms with Gasteiger partial charge in [0.25, 0.3) is 5.91 Å². The van der Waals surface area contributed by atoms with E-state index >= 15 is 0 Å². The van der Waals surface area contributed by atoms with Crippen molar-refractivity contribution >= 4 is 17.5 Å². The summed E-state index contributed by atoms with van der Waals surface area (Å²) >= 11 is 0. The molecule has 4 rings (SSSR count). The molecule has 1 aliphatic carbocycles. The Bertz CT molecular complexity index is 1030. The molecular weight excluding hydrogens is 431 g/mol. The number of nitrogens with one attached hydrogen (secondary N) is 1. The lowest BCUT2D eigenvalue weighted by Gasteiger charge is -2.42. The summed E-state index contributed by atoms with van der Waals surface area (Å²) in [6.45, 7) is 8.66. The number of amides is 2. The number of benzene rings is 1. The smallest absolute Gasteiger partial charge is 0.257 e. The van der Waals surface area contributed by atoms with Crippen molar-refractivity contribution < 1.29 is 14.0 Å². The first-order chi connectivity index (χ1) is 16.3. The van der Waals surface area contributed by atoms with Gasteiger partial charge < -0.3 is 10.2 Å². The molecular formula is C27H35FN4O2.